The largest absolute Gasteiger partial charge is 0.493 e. The lowest BCUT2D eigenvalue weighted by Gasteiger charge is -2.24. The van der Waals surface area contributed by atoms with E-state index in [2.05, 4.69) is 17.3 Å². The van der Waals surface area contributed by atoms with E-state index in [1.807, 2.05) is 12.1 Å². The van der Waals surface area contributed by atoms with Gasteiger partial charge in [0.2, 0.25) is 0 Å². The van der Waals surface area contributed by atoms with Gasteiger partial charge in [-0.1, -0.05) is 11.6 Å². The molecule has 106 valence electrons. The predicted octanol–water partition coefficient (Wildman–Crippen LogP) is 2.49. The Morgan fingerprint density at radius 3 is 3.05 bits per heavy atom. The Morgan fingerprint density at radius 2 is 2.32 bits per heavy atom. The van der Waals surface area contributed by atoms with E-state index in [4.69, 9.17) is 16.3 Å². The predicted molar refractivity (Wildman–Crippen MR) is 80.6 cm³/mol. The van der Waals surface area contributed by atoms with Crippen LogP contribution in [0.4, 0.5) is 0 Å². The maximum Gasteiger partial charge on any atom is 0.127 e. The maximum absolute atomic E-state index is 6.19. The van der Waals surface area contributed by atoms with E-state index in [1.54, 1.807) is 0 Å². The second kappa shape index (κ2) is 6.31. The Morgan fingerprint density at radius 1 is 1.47 bits per heavy atom. The quantitative estimate of drug-likeness (QED) is 0.928. The third kappa shape index (κ3) is 3.16. The van der Waals surface area contributed by atoms with Crippen molar-refractivity contribution in [3.05, 3.63) is 28.3 Å². The van der Waals surface area contributed by atoms with Crippen LogP contribution in [0.15, 0.2) is 12.1 Å². The van der Waals surface area contributed by atoms with Gasteiger partial charge in [-0.25, -0.2) is 0 Å². The number of halogens is 2. The lowest BCUT2D eigenvalue weighted by Crippen LogP contribution is -2.32. The fraction of sp³-hybridized carbons (Fsp3) is 0.571. The number of benzene rings is 1. The van der Waals surface area contributed by atoms with Crippen LogP contribution in [0.2, 0.25) is 5.02 Å². The third-order valence-corrected chi connectivity index (χ3v) is 4.12. The van der Waals surface area contributed by atoms with Crippen molar-refractivity contribution in [1.29, 1.82) is 0 Å². The van der Waals surface area contributed by atoms with Crippen LogP contribution in [0.5, 0.6) is 5.75 Å². The molecule has 1 saturated heterocycles. The average molecular weight is 303 g/mol. The summed E-state index contributed by atoms with van der Waals surface area (Å²) in [5.74, 6) is 1.07. The molecule has 0 aliphatic carbocycles. The summed E-state index contributed by atoms with van der Waals surface area (Å²) in [6.45, 7) is 3.91. The van der Waals surface area contributed by atoms with E-state index in [0.717, 1.165) is 43.4 Å². The Hall–Kier alpha value is -0.480. The molecule has 1 unspecified atom stereocenters. The molecule has 2 aliphatic heterocycles. The molecule has 1 N–H and O–H groups in total. The summed E-state index contributed by atoms with van der Waals surface area (Å²) in [5, 5.41) is 4.23. The first-order valence-corrected chi connectivity index (χ1v) is 6.97. The number of hydrogen-bond acceptors (Lipinski definition) is 3. The highest BCUT2D eigenvalue weighted by Gasteiger charge is 2.23. The third-order valence-electron chi connectivity index (χ3n) is 3.90. The molecule has 0 aromatic heterocycles. The van der Waals surface area contributed by atoms with Gasteiger partial charge in [-0.15, -0.1) is 12.4 Å². The normalized spacial score (nSPS) is 21.1. The van der Waals surface area contributed by atoms with Gasteiger partial charge in [-0.3, -0.25) is 4.90 Å². The van der Waals surface area contributed by atoms with E-state index < -0.39 is 0 Å². The van der Waals surface area contributed by atoms with Crippen LogP contribution in [0.25, 0.3) is 0 Å². The van der Waals surface area contributed by atoms with Gasteiger partial charge in [0, 0.05) is 36.1 Å². The van der Waals surface area contributed by atoms with E-state index in [9.17, 15) is 0 Å². The summed E-state index contributed by atoms with van der Waals surface area (Å²) < 4.78 is 5.75. The van der Waals surface area contributed by atoms with Crippen molar-refractivity contribution in [2.45, 2.75) is 25.4 Å². The van der Waals surface area contributed by atoms with Gasteiger partial charge in [0.1, 0.15) is 5.75 Å². The van der Waals surface area contributed by atoms with E-state index in [-0.39, 0.29) is 12.4 Å². The fourth-order valence-electron chi connectivity index (χ4n) is 2.88. The first-order valence-electron chi connectivity index (χ1n) is 6.59. The highest BCUT2D eigenvalue weighted by Crippen LogP contribution is 2.33. The van der Waals surface area contributed by atoms with E-state index in [0.29, 0.717) is 6.04 Å². The molecule has 1 aromatic carbocycles. The molecule has 2 heterocycles. The molecular formula is C14H20Cl2N2O. The van der Waals surface area contributed by atoms with Crippen molar-refractivity contribution in [3.8, 4) is 5.75 Å². The van der Waals surface area contributed by atoms with Crippen LogP contribution in [0.1, 0.15) is 17.5 Å². The van der Waals surface area contributed by atoms with Crippen LogP contribution in [-0.2, 0) is 13.0 Å². The van der Waals surface area contributed by atoms with Gasteiger partial charge in [0.05, 0.1) is 6.61 Å². The zero-order valence-corrected chi connectivity index (χ0v) is 12.7. The van der Waals surface area contributed by atoms with Crippen LogP contribution in [0.3, 0.4) is 0 Å². The Kier molecular flexibility index (Phi) is 4.96. The molecule has 0 saturated carbocycles. The summed E-state index contributed by atoms with van der Waals surface area (Å²) >= 11 is 6.19. The standard InChI is InChI=1S/C14H19ClN2O.ClH/c1-17(13-2-4-16-8-13)9-11-7-12(15)6-10-3-5-18-14(10)11;/h6-7,13,16H,2-5,8-9H2,1H3;1H. The molecule has 0 spiro atoms. The number of likely N-dealkylation sites (N-methyl/N-ethyl adjacent to an activating group) is 1. The van der Waals surface area contributed by atoms with Crippen molar-refractivity contribution in [2.75, 3.05) is 26.7 Å². The smallest absolute Gasteiger partial charge is 0.127 e. The number of ether oxygens (including phenoxy) is 1. The molecule has 0 amide bonds. The highest BCUT2D eigenvalue weighted by molar-refractivity contribution is 6.30. The Balaban J connectivity index is 0.00000133. The van der Waals surface area contributed by atoms with Gasteiger partial charge in [-0.05, 0) is 37.7 Å². The lowest BCUT2D eigenvalue weighted by atomic mass is 10.1. The molecule has 19 heavy (non-hydrogen) atoms. The lowest BCUT2D eigenvalue weighted by molar-refractivity contribution is 0.244. The minimum absolute atomic E-state index is 0. The first kappa shape index (κ1) is 14.9. The SMILES string of the molecule is CN(Cc1cc(Cl)cc2c1OCC2)C1CCNC1.Cl. The number of hydrogen-bond donors (Lipinski definition) is 1. The minimum atomic E-state index is 0. The monoisotopic (exact) mass is 302 g/mol. The van der Waals surface area contributed by atoms with Crippen molar-refractivity contribution in [1.82, 2.24) is 10.2 Å². The second-order valence-electron chi connectivity index (χ2n) is 5.21. The van der Waals surface area contributed by atoms with Crippen molar-refractivity contribution < 1.29 is 4.74 Å². The Labute approximate surface area is 125 Å². The molecule has 1 atom stereocenters. The van der Waals surface area contributed by atoms with Gasteiger partial charge >= 0.3 is 0 Å². The van der Waals surface area contributed by atoms with Gasteiger partial charge in [0.15, 0.2) is 0 Å². The molecule has 1 aromatic rings. The highest BCUT2D eigenvalue weighted by atomic mass is 35.5. The molecule has 0 radical (unpaired) electrons. The number of rotatable bonds is 3. The second-order valence-corrected chi connectivity index (χ2v) is 5.65. The van der Waals surface area contributed by atoms with Gasteiger partial charge < -0.3 is 10.1 Å². The number of nitrogens with one attached hydrogen (secondary N) is 1. The molecule has 1 fully saturated rings. The average Bonchev–Trinajstić information content (AvgIpc) is 2.98. The molecule has 5 heteroatoms. The van der Waals surface area contributed by atoms with Gasteiger partial charge in [-0.2, -0.15) is 0 Å². The zero-order valence-electron chi connectivity index (χ0n) is 11.1. The molecular weight excluding hydrogens is 283 g/mol. The fourth-order valence-corrected chi connectivity index (χ4v) is 3.14. The summed E-state index contributed by atoms with van der Waals surface area (Å²) in [4.78, 5) is 2.40. The van der Waals surface area contributed by atoms with Crippen molar-refractivity contribution in [2.24, 2.45) is 0 Å². The van der Waals surface area contributed by atoms with Crippen LogP contribution >= 0.6 is 24.0 Å². The minimum Gasteiger partial charge on any atom is -0.493 e. The van der Waals surface area contributed by atoms with Crippen LogP contribution in [-0.4, -0.2) is 37.7 Å². The first-order chi connectivity index (χ1) is 8.74. The maximum atomic E-state index is 6.19. The van der Waals surface area contributed by atoms with Crippen molar-refractivity contribution >= 4 is 24.0 Å². The van der Waals surface area contributed by atoms with E-state index >= 15 is 0 Å². The van der Waals surface area contributed by atoms with E-state index in [1.165, 1.54) is 17.5 Å². The number of fused-ring (bicyclic) bond motifs is 1. The summed E-state index contributed by atoms with van der Waals surface area (Å²) in [5.41, 5.74) is 2.49. The molecule has 3 nitrogen and oxygen atoms in total. The summed E-state index contributed by atoms with van der Waals surface area (Å²) in [7, 11) is 2.18. The summed E-state index contributed by atoms with van der Waals surface area (Å²) in [6.07, 6.45) is 2.21. The topological polar surface area (TPSA) is 24.5 Å². The molecule has 0 bridgehead atoms. The van der Waals surface area contributed by atoms with Gasteiger partial charge in [0.25, 0.3) is 0 Å². The zero-order chi connectivity index (χ0) is 12.5. The Bertz CT molecular complexity index is 447. The number of nitrogens with zero attached hydrogens (tertiary/aromatic N) is 1. The van der Waals surface area contributed by atoms with Crippen LogP contribution < -0.4 is 10.1 Å². The van der Waals surface area contributed by atoms with Crippen molar-refractivity contribution in [3.63, 3.8) is 0 Å². The molecule has 2 aliphatic rings. The molecule has 3 rings (SSSR count). The summed E-state index contributed by atoms with van der Waals surface area (Å²) in [6, 6.07) is 4.70. The van der Waals surface area contributed by atoms with Crippen LogP contribution in [0, 0.1) is 0 Å².